The number of esters is 1. The van der Waals surface area contributed by atoms with Crippen molar-refractivity contribution in [1.82, 2.24) is 5.32 Å². The van der Waals surface area contributed by atoms with E-state index in [1.54, 1.807) is 0 Å². The SMILES string of the molecule is COC(=O)[C@@H](CCC#N)NC(=O)CCc1ccccc1. The Morgan fingerprint density at radius 2 is 2.05 bits per heavy atom. The van der Waals surface area contributed by atoms with Crippen molar-refractivity contribution in [1.29, 1.82) is 5.26 Å². The summed E-state index contributed by atoms with van der Waals surface area (Å²) in [5, 5.41) is 11.1. The lowest BCUT2D eigenvalue weighted by Crippen LogP contribution is -2.41. The van der Waals surface area contributed by atoms with Crippen molar-refractivity contribution < 1.29 is 14.3 Å². The first-order valence-corrected chi connectivity index (χ1v) is 6.45. The number of carbonyl (C=O) groups is 2. The molecule has 0 fully saturated rings. The molecule has 0 aliphatic heterocycles. The number of hydrogen-bond donors (Lipinski definition) is 1. The van der Waals surface area contributed by atoms with Crippen molar-refractivity contribution in [3.8, 4) is 6.07 Å². The third kappa shape index (κ3) is 5.53. The fraction of sp³-hybridized carbons (Fsp3) is 0.400. The average Bonchev–Trinajstić information content (AvgIpc) is 2.49. The minimum Gasteiger partial charge on any atom is -0.467 e. The molecule has 0 spiro atoms. The first-order chi connectivity index (χ1) is 9.67. The monoisotopic (exact) mass is 274 g/mol. The van der Waals surface area contributed by atoms with E-state index in [1.165, 1.54) is 7.11 Å². The van der Waals surface area contributed by atoms with Gasteiger partial charge < -0.3 is 10.1 Å². The topological polar surface area (TPSA) is 79.2 Å². The zero-order valence-electron chi connectivity index (χ0n) is 11.5. The second-order valence-corrected chi connectivity index (χ2v) is 4.33. The second kappa shape index (κ2) is 8.70. The van der Waals surface area contributed by atoms with Gasteiger partial charge in [0.15, 0.2) is 0 Å². The predicted octanol–water partition coefficient (Wildman–Crippen LogP) is 1.58. The van der Waals surface area contributed by atoms with Gasteiger partial charge in [-0.1, -0.05) is 30.3 Å². The van der Waals surface area contributed by atoms with Crippen LogP contribution < -0.4 is 5.32 Å². The number of nitrogens with zero attached hydrogens (tertiary/aromatic N) is 1. The van der Waals surface area contributed by atoms with E-state index in [9.17, 15) is 9.59 Å². The second-order valence-electron chi connectivity index (χ2n) is 4.33. The number of rotatable bonds is 7. The van der Waals surface area contributed by atoms with E-state index in [0.717, 1.165) is 5.56 Å². The van der Waals surface area contributed by atoms with E-state index in [1.807, 2.05) is 36.4 Å². The van der Waals surface area contributed by atoms with Crippen molar-refractivity contribution in [3.05, 3.63) is 35.9 Å². The summed E-state index contributed by atoms with van der Waals surface area (Å²) in [5.41, 5.74) is 1.06. The van der Waals surface area contributed by atoms with Gasteiger partial charge in [0.2, 0.25) is 5.91 Å². The van der Waals surface area contributed by atoms with Crippen molar-refractivity contribution >= 4 is 11.9 Å². The van der Waals surface area contributed by atoms with Gasteiger partial charge in [0.25, 0.3) is 0 Å². The normalized spacial score (nSPS) is 11.2. The summed E-state index contributed by atoms with van der Waals surface area (Å²) in [6.45, 7) is 0. The lowest BCUT2D eigenvalue weighted by molar-refractivity contribution is -0.145. The van der Waals surface area contributed by atoms with Crippen LogP contribution in [0, 0.1) is 11.3 Å². The molecule has 0 radical (unpaired) electrons. The molecular formula is C15H18N2O3. The highest BCUT2D eigenvalue weighted by Gasteiger charge is 2.20. The molecular weight excluding hydrogens is 256 g/mol. The fourth-order valence-corrected chi connectivity index (χ4v) is 1.77. The van der Waals surface area contributed by atoms with E-state index in [0.29, 0.717) is 12.8 Å². The number of methoxy groups -OCH3 is 1. The van der Waals surface area contributed by atoms with E-state index >= 15 is 0 Å². The first-order valence-electron chi connectivity index (χ1n) is 6.45. The van der Waals surface area contributed by atoms with Crippen molar-refractivity contribution in [2.75, 3.05) is 7.11 Å². The van der Waals surface area contributed by atoms with Crippen LogP contribution in [0.3, 0.4) is 0 Å². The van der Waals surface area contributed by atoms with Gasteiger partial charge >= 0.3 is 5.97 Å². The van der Waals surface area contributed by atoms with Gasteiger partial charge in [0.1, 0.15) is 6.04 Å². The lowest BCUT2D eigenvalue weighted by atomic mass is 10.1. The summed E-state index contributed by atoms with van der Waals surface area (Å²) in [6.07, 6.45) is 1.36. The summed E-state index contributed by atoms with van der Waals surface area (Å²) in [6, 6.07) is 10.8. The third-order valence-corrected chi connectivity index (χ3v) is 2.85. The number of nitrogens with one attached hydrogen (secondary N) is 1. The Morgan fingerprint density at radius 1 is 1.35 bits per heavy atom. The van der Waals surface area contributed by atoms with Crippen LogP contribution in [0.25, 0.3) is 0 Å². The van der Waals surface area contributed by atoms with Gasteiger partial charge in [-0.2, -0.15) is 5.26 Å². The standard InChI is InChI=1S/C15H18N2O3/c1-20-15(19)13(8-5-11-16)17-14(18)10-9-12-6-3-2-4-7-12/h2-4,6-7,13H,5,8-10H2,1H3,(H,17,18)/t13-/m1/s1. The molecule has 1 aromatic carbocycles. The van der Waals surface area contributed by atoms with Crippen LogP contribution in [-0.4, -0.2) is 25.0 Å². The first kappa shape index (κ1) is 15.7. The van der Waals surface area contributed by atoms with E-state index in [-0.39, 0.29) is 18.7 Å². The van der Waals surface area contributed by atoms with Gasteiger partial charge in [-0.3, -0.25) is 4.79 Å². The van der Waals surface area contributed by atoms with Crippen LogP contribution in [0.15, 0.2) is 30.3 Å². The Labute approximate surface area is 118 Å². The molecule has 106 valence electrons. The van der Waals surface area contributed by atoms with Crippen LogP contribution in [0.4, 0.5) is 0 Å². The highest BCUT2D eigenvalue weighted by atomic mass is 16.5. The molecule has 1 N–H and O–H groups in total. The predicted molar refractivity (Wildman–Crippen MR) is 73.6 cm³/mol. The van der Waals surface area contributed by atoms with Gasteiger partial charge in [-0.05, 0) is 18.4 Å². The molecule has 0 saturated carbocycles. The maximum atomic E-state index is 11.8. The zero-order valence-corrected chi connectivity index (χ0v) is 11.5. The van der Waals surface area contributed by atoms with Gasteiger partial charge in [0.05, 0.1) is 13.2 Å². The third-order valence-electron chi connectivity index (χ3n) is 2.85. The Morgan fingerprint density at radius 3 is 2.65 bits per heavy atom. The molecule has 0 aliphatic carbocycles. The number of carbonyl (C=O) groups excluding carboxylic acids is 2. The highest BCUT2D eigenvalue weighted by Crippen LogP contribution is 2.04. The number of ether oxygens (including phenoxy) is 1. The van der Waals surface area contributed by atoms with Crippen LogP contribution in [0.2, 0.25) is 0 Å². The summed E-state index contributed by atoms with van der Waals surface area (Å²) >= 11 is 0. The largest absolute Gasteiger partial charge is 0.467 e. The molecule has 5 nitrogen and oxygen atoms in total. The van der Waals surface area contributed by atoms with Crippen molar-refractivity contribution in [3.63, 3.8) is 0 Å². The van der Waals surface area contributed by atoms with Crippen molar-refractivity contribution in [2.45, 2.75) is 31.7 Å². The smallest absolute Gasteiger partial charge is 0.328 e. The number of benzene rings is 1. The zero-order chi connectivity index (χ0) is 14.8. The molecule has 20 heavy (non-hydrogen) atoms. The molecule has 0 aliphatic rings. The number of amides is 1. The summed E-state index contributed by atoms with van der Waals surface area (Å²) in [7, 11) is 1.26. The molecule has 0 bridgehead atoms. The van der Waals surface area contributed by atoms with Gasteiger partial charge in [-0.25, -0.2) is 4.79 Å². The van der Waals surface area contributed by atoms with Crippen LogP contribution in [0.1, 0.15) is 24.8 Å². The average molecular weight is 274 g/mol. The molecule has 1 amide bonds. The summed E-state index contributed by atoms with van der Waals surface area (Å²) in [5.74, 6) is -0.740. The van der Waals surface area contributed by atoms with Crippen LogP contribution >= 0.6 is 0 Å². The number of hydrogen-bond acceptors (Lipinski definition) is 4. The molecule has 1 rings (SSSR count). The molecule has 5 heteroatoms. The lowest BCUT2D eigenvalue weighted by Gasteiger charge is -2.15. The van der Waals surface area contributed by atoms with Gasteiger partial charge in [-0.15, -0.1) is 0 Å². The van der Waals surface area contributed by atoms with E-state index < -0.39 is 12.0 Å². The maximum absolute atomic E-state index is 11.8. The minimum atomic E-state index is -0.747. The van der Waals surface area contributed by atoms with Crippen molar-refractivity contribution in [2.24, 2.45) is 0 Å². The Hall–Kier alpha value is -2.35. The molecule has 1 aromatic rings. The Kier molecular flexibility index (Phi) is 6.83. The molecule has 0 heterocycles. The Balaban J connectivity index is 2.45. The number of aryl methyl sites for hydroxylation is 1. The van der Waals surface area contributed by atoms with E-state index in [2.05, 4.69) is 10.1 Å². The molecule has 0 unspecified atom stereocenters. The molecule has 0 aromatic heterocycles. The minimum absolute atomic E-state index is 0.193. The summed E-state index contributed by atoms with van der Waals surface area (Å²) in [4.78, 5) is 23.3. The van der Waals surface area contributed by atoms with Crippen LogP contribution in [-0.2, 0) is 20.7 Å². The Bertz CT molecular complexity index is 480. The summed E-state index contributed by atoms with van der Waals surface area (Å²) < 4.78 is 4.61. The molecule has 0 saturated heterocycles. The van der Waals surface area contributed by atoms with Crippen LogP contribution in [0.5, 0.6) is 0 Å². The molecule has 1 atom stereocenters. The maximum Gasteiger partial charge on any atom is 0.328 e. The van der Waals surface area contributed by atoms with Gasteiger partial charge in [0, 0.05) is 12.8 Å². The quantitative estimate of drug-likeness (QED) is 0.766. The fourth-order valence-electron chi connectivity index (χ4n) is 1.77. The number of nitriles is 1. The highest BCUT2D eigenvalue weighted by molar-refractivity contribution is 5.84. The van der Waals surface area contributed by atoms with E-state index in [4.69, 9.17) is 5.26 Å².